The lowest BCUT2D eigenvalue weighted by molar-refractivity contribution is 0.0180. The van der Waals surface area contributed by atoms with Crippen LogP contribution in [0.1, 0.15) is 44.6 Å². The number of ether oxygens (including phenoxy) is 1. The minimum absolute atomic E-state index is 0.734. The predicted octanol–water partition coefficient (Wildman–Crippen LogP) is 3.19. The van der Waals surface area contributed by atoms with Gasteiger partial charge in [-0.15, -0.1) is 0 Å². The van der Waals surface area contributed by atoms with Crippen molar-refractivity contribution in [3.05, 3.63) is 29.8 Å². The third-order valence-electron chi connectivity index (χ3n) is 5.14. The van der Waals surface area contributed by atoms with Gasteiger partial charge in [0.15, 0.2) is 0 Å². The molecule has 3 heteroatoms. The van der Waals surface area contributed by atoms with Gasteiger partial charge in [-0.05, 0) is 49.9 Å². The lowest BCUT2D eigenvalue weighted by Gasteiger charge is -2.49. The van der Waals surface area contributed by atoms with Crippen molar-refractivity contribution in [3.63, 3.8) is 0 Å². The van der Waals surface area contributed by atoms with E-state index in [0.717, 1.165) is 37.0 Å². The van der Waals surface area contributed by atoms with Crippen LogP contribution < -0.4 is 10.1 Å². The zero-order valence-electron chi connectivity index (χ0n) is 13.3. The molecule has 2 heterocycles. The zero-order chi connectivity index (χ0) is 14.7. The summed E-state index contributed by atoms with van der Waals surface area (Å²) in [6, 6.07) is 10.9. The van der Waals surface area contributed by atoms with Gasteiger partial charge in [-0.1, -0.05) is 25.5 Å². The first-order valence-corrected chi connectivity index (χ1v) is 8.42. The van der Waals surface area contributed by atoms with Gasteiger partial charge in [0.1, 0.15) is 5.75 Å². The van der Waals surface area contributed by atoms with E-state index in [-0.39, 0.29) is 0 Å². The highest BCUT2D eigenvalue weighted by molar-refractivity contribution is 5.27. The third kappa shape index (κ3) is 3.41. The van der Waals surface area contributed by atoms with Crippen LogP contribution in [-0.4, -0.2) is 36.7 Å². The molecule has 2 atom stereocenters. The molecule has 0 radical (unpaired) electrons. The molecule has 0 spiro atoms. The quantitative estimate of drug-likeness (QED) is 0.900. The molecular weight excluding hydrogens is 260 g/mol. The maximum atomic E-state index is 5.25. The Morgan fingerprint density at radius 1 is 1.14 bits per heavy atom. The smallest absolute Gasteiger partial charge is 0.118 e. The molecule has 1 N–H and O–H groups in total. The minimum Gasteiger partial charge on any atom is -0.497 e. The number of nitrogens with one attached hydrogen (secondary N) is 1. The number of benzene rings is 1. The van der Waals surface area contributed by atoms with E-state index in [0.29, 0.717) is 0 Å². The molecule has 2 unspecified atom stereocenters. The molecule has 0 aliphatic carbocycles. The number of piperidine rings is 2. The monoisotopic (exact) mass is 288 g/mol. The van der Waals surface area contributed by atoms with E-state index in [2.05, 4.69) is 41.4 Å². The van der Waals surface area contributed by atoms with Crippen molar-refractivity contribution in [2.45, 2.75) is 63.7 Å². The summed E-state index contributed by atoms with van der Waals surface area (Å²) in [5, 5.41) is 3.67. The van der Waals surface area contributed by atoms with Crippen molar-refractivity contribution in [1.82, 2.24) is 10.2 Å². The number of methoxy groups -OCH3 is 1. The normalized spacial score (nSPS) is 29.3. The number of nitrogens with zero attached hydrogens (tertiary/aromatic N) is 1. The average Bonchev–Trinajstić information content (AvgIpc) is 2.49. The van der Waals surface area contributed by atoms with Crippen molar-refractivity contribution in [3.8, 4) is 5.75 Å². The summed E-state index contributed by atoms with van der Waals surface area (Å²) in [4.78, 5) is 2.76. The molecule has 1 aromatic carbocycles. The number of hydrogen-bond donors (Lipinski definition) is 1. The maximum Gasteiger partial charge on any atom is 0.118 e. The molecule has 0 amide bonds. The lowest BCUT2D eigenvalue weighted by atomic mass is 9.81. The SMILES string of the molecule is CCNC1CC2CCCC(C1)N2Cc1ccc(OC)cc1. The summed E-state index contributed by atoms with van der Waals surface area (Å²) in [6.45, 7) is 4.42. The van der Waals surface area contributed by atoms with E-state index < -0.39 is 0 Å². The Morgan fingerprint density at radius 2 is 1.81 bits per heavy atom. The van der Waals surface area contributed by atoms with Crippen molar-refractivity contribution < 1.29 is 4.74 Å². The van der Waals surface area contributed by atoms with Crippen LogP contribution in [0.15, 0.2) is 24.3 Å². The summed E-state index contributed by atoms with van der Waals surface area (Å²) in [7, 11) is 1.73. The van der Waals surface area contributed by atoms with E-state index in [1.54, 1.807) is 7.11 Å². The Morgan fingerprint density at radius 3 is 2.38 bits per heavy atom. The van der Waals surface area contributed by atoms with Gasteiger partial charge in [0.25, 0.3) is 0 Å². The summed E-state index contributed by atoms with van der Waals surface area (Å²) >= 11 is 0. The number of hydrogen-bond acceptors (Lipinski definition) is 3. The van der Waals surface area contributed by atoms with Crippen LogP contribution in [0.5, 0.6) is 5.75 Å². The van der Waals surface area contributed by atoms with Crippen molar-refractivity contribution >= 4 is 0 Å². The van der Waals surface area contributed by atoms with Crippen LogP contribution in [0.4, 0.5) is 0 Å². The van der Waals surface area contributed by atoms with Gasteiger partial charge in [0.05, 0.1) is 7.11 Å². The van der Waals surface area contributed by atoms with Gasteiger partial charge in [0, 0.05) is 24.7 Å². The second kappa shape index (κ2) is 6.80. The summed E-state index contributed by atoms with van der Waals surface area (Å²) in [5.41, 5.74) is 1.41. The largest absolute Gasteiger partial charge is 0.497 e. The Balaban J connectivity index is 1.67. The van der Waals surface area contributed by atoms with Gasteiger partial charge >= 0.3 is 0 Å². The highest BCUT2D eigenvalue weighted by Crippen LogP contribution is 2.35. The van der Waals surface area contributed by atoms with Crippen LogP contribution >= 0.6 is 0 Å². The fraction of sp³-hybridized carbons (Fsp3) is 0.667. The highest BCUT2D eigenvalue weighted by atomic mass is 16.5. The van der Waals surface area contributed by atoms with E-state index in [1.165, 1.54) is 37.7 Å². The van der Waals surface area contributed by atoms with Gasteiger partial charge < -0.3 is 10.1 Å². The molecule has 2 aliphatic rings. The predicted molar refractivity (Wildman–Crippen MR) is 86.7 cm³/mol. The second-order valence-corrected chi connectivity index (χ2v) is 6.48. The van der Waals surface area contributed by atoms with Crippen molar-refractivity contribution in [2.75, 3.05) is 13.7 Å². The lowest BCUT2D eigenvalue weighted by Crippen LogP contribution is -2.55. The van der Waals surface area contributed by atoms with Crippen molar-refractivity contribution in [1.29, 1.82) is 0 Å². The Kier molecular flexibility index (Phi) is 4.81. The Bertz CT molecular complexity index is 431. The van der Waals surface area contributed by atoms with Crippen molar-refractivity contribution in [2.24, 2.45) is 0 Å². The summed E-state index contributed by atoms with van der Waals surface area (Å²) < 4.78 is 5.25. The second-order valence-electron chi connectivity index (χ2n) is 6.48. The topological polar surface area (TPSA) is 24.5 Å². The Hall–Kier alpha value is -1.06. The fourth-order valence-corrected chi connectivity index (χ4v) is 4.13. The fourth-order valence-electron chi connectivity index (χ4n) is 4.13. The summed E-state index contributed by atoms with van der Waals surface area (Å²) in [6.07, 6.45) is 6.79. The first-order chi connectivity index (χ1) is 10.3. The highest BCUT2D eigenvalue weighted by Gasteiger charge is 2.37. The van der Waals surface area contributed by atoms with Crippen LogP contribution in [-0.2, 0) is 6.54 Å². The molecule has 2 saturated heterocycles. The van der Waals surface area contributed by atoms with Crippen LogP contribution in [0.2, 0.25) is 0 Å². The van der Waals surface area contributed by atoms with Gasteiger partial charge in [-0.25, -0.2) is 0 Å². The molecule has 21 heavy (non-hydrogen) atoms. The molecule has 116 valence electrons. The number of fused-ring (bicyclic) bond motifs is 2. The zero-order valence-corrected chi connectivity index (χ0v) is 13.3. The van der Waals surface area contributed by atoms with Gasteiger partial charge in [0.2, 0.25) is 0 Å². The molecule has 2 bridgehead atoms. The molecular formula is C18H28N2O. The molecule has 3 rings (SSSR count). The van der Waals surface area contributed by atoms with Crippen LogP contribution in [0, 0.1) is 0 Å². The average molecular weight is 288 g/mol. The molecule has 0 aromatic heterocycles. The molecule has 2 fully saturated rings. The molecule has 2 aliphatic heterocycles. The van der Waals surface area contributed by atoms with Crippen LogP contribution in [0.25, 0.3) is 0 Å². The third-order valence-corrected chi connectivity index (χ3v) is 5.14. The van der Waals surface area contributed by atoms with E-state index >= 15 is 0 Å². The minimum atomic E-state index is 0.734. The first-order valence-electron chi connectivity index (χ1n) is 8.42. The Labute approximate surface area is 128 Å². The molecule has 3 nitrogen and oxygen atoms in total. The van der Waals surface area contributed by atoms with E-state index in [9.17, 15) is 0 Å². The summed E-state index contributed by atoms with van der Waals surface area (Å²) in [5.74, 6) is 0.949. The standard InChI is InChI=1S/C18H28N2O/c1-3-19-15-11-16-5-4-6-17(12-15)20(16)13-14-7-9-18(21-2)10-8-14/h7-10,15-17,19H,3-6,11-13H2,1-2H3. The first kappa shape index (κ1) is 14.9. The van der Waals surface area contributed by atoms with Crippen LogP contribution in [0.3, 0.4) is 0 Å². The molecule has 0 saturated carbocycles. The van der Waals surface area contributed by atoms with E-state index in [4.69, 9.17) is 4.74 Å². The van der Waals surface area contributed by atoms with Gasteiger partial charge in [-0.2, -0.15) is 0 Å². The van der Waals surface area contributed by atoms with E-state index in [1.807, 2.05) is 0 Å². The van der Waals surface area contributed by atoms with Gasteiger partial charge in [-0.3, -0.25) is 4.90 Å². The number of rotatable bonds is 5. The molecule has 1 aromatic rings. The maximum absolute atomic E-state index is 5.25.